The fourth-order valence-electron chi connectivity index (χ4n) is 3.38. The molecule has 0 N–H and O–H groups in total. The van der Waals surface area contributed by atoms with Crippen LogP contribution in [0.3, 0.4) is 0 Å². The summed E-state index contributed by atoms with van der Waals surface area (Å²) in [7, 11) is 0. The maximum absolute atomic E-state index is 13.0. The molecule has 0 spiro atoms. The van der Waals surface area contributed by atoms with E-state index in [4.69, 9.17) is 4.74 Å². The van der Waals surface area contributed by atoms with Crippen molar-refractivity contribution < 1.29 is 9.13 Å². The molecule has 0 amide bonds. The molecule has 3 rings (SSSR count). The van der Waals surface area contributed by atoms with E-state index >= 15 is 0 Å². The minimum absolute atomic E-state index is 0.184. The second-order valence-corrected chi connectivity index (χ2v) is 6.56. The highest BCUT2D eigenvalue weighted by atomic mass is 19.1. The van der Waals surface area contributed by atoms with E-state index in [0.29, 0.717) is 12.0 Å². The highest BCUT2D eigenvalue weighted by Crippen LogP contribution is 2.34. The van der Waals surface area contributed by atoms with Crippen molar-refractivity contribution in [2.75, 3.05) is 0 Å². The summed E-state index contributed by atoms with van der Waals surface area (Å²) in [5.74, 6) is 0.519. The van der Waals surface area contributed by atoms with Crippen LogP contribution in [-0.2, 0) is 11.2 Å². The van der Waals surface area contributed by atoms with Gasteiger partial charge in [0.25, 0.3) is 0 Å². The topological polar surface area (TPSA) is 9.23 Å². The Morgan fingerprint density at radius 2 is 1.77 bits per heavy atom. The predicted molar refractivity (Wildman–Crippen MR) is 87.3 cm³/mol. The molecule has 22 heavy (non-hydrogen) atoms. The lowest BCUT2D eigenvalue weighted by Gasteiger charge is -2.32. The number of halogens is 1. The SMILES string of the molecule is C[C@H]1C[C@@H](C)O[C@@H](c2cccc(Cc3ccc(F)cc3)c2)C1. The van der Waals surface area contributed by atoms with Gasteiger partial charge < -0.3 is 4.74 Å². The van der Waals surface area contributed by atoms with Crippen molar-refractivity contribution in [3.8, 4) is 0 Å². The Balaban J connectivity index is 1.76. The van der Waals surface area contributed by atoms with Crippen LogP contribution in [0.25, 0.3) is 0 Å². The van der Waals surface area contributed by atoms with Crippen LogP contribution in [0.2, 0.25) is 0 Å². The van der Waals surface area contributed by atoms with Crippen molar-refractivity contribution in [2.24, 2.45) is 5.92 Å². The van der Waals surface area contributed by atoms with Gasteiger partial charge in [0.05, 0.1) is 12.2 Å². The van der Waals surface area contributed by atoms with Crippen LogP contribution >= 0.6 is 0 Å². The maximum Gasteiger partial charge on any atom is 0.123 e. The van der Waals surface area contributed by atoms with Crippen LogP contribution < -0.4 is 0 Å². The minimum Gasteiger partial charge on any atom is -0.371 e. The second-order valence-electron chi connectivity index (χ2n) is 6.56. The summed E-state index contributed by atoms with van der Waals surface area (Å²) in [6.07, 6.45) is 3.59. The minimum atomic E-state index is -0.184. The largest absolute Gasteiger partial charge is 0.371 e. The zero-order valence-corrected chi connectivity index (χ0v) is 13.3. The zero-order valence-electron chi connectivity index (χ0n) is 13.3. The summed E-state index contributed by atoms with van der Waals surface area (Å²) >= 11 is 0. The van der Waals surface area contributed by atoms with Gasteiger partial charge in [0.2, 0.25) is 0 Å². The Labute approximate surface area is 132 Å². The first-order chi connectivity index (χ1) is 10.6. The molecule has 116 valence electrons. The van der Waals surface area contributed by atoms with Gasteiger partial charge in [-0.3, -0.25) is 0 Å². The molecule has 1 heterocycles. The standard InChI is InChI=1S/C20H23FO/c1-14-10-15(2)22-20(11-14)18-5-3-4-17(13-18)12-16-6-8-19(21)9-7-16/h3-9,13-15,20H,10-12H2,1-2H3/t14-,15+,20+/m0/s1. The van der Waals surface area contributed by atoms with Crippen LogP contribution in [0.15, 0.2) is 48.5 Å². The Bertz CT molecular complexity index is 610. The first-order valence-electron chi connectivity index (χ1n) is 8.09. The average molecular weight is 298 g/mol. The molecule has 1 fully saturated rings. The molecule has 0 aromatic heterocycles. The van der Waals surface area contributed by atoms with Gasteiger partial charge in [0.1, 0.15) is 5.82 Å². The van der Waals surface area contributed by atoms with Gasteiger partial charge in [-0.25, -0.2) is 4.39 Å². The molecule has 0 aliphatic carbocycles. The molecule has 1 aliphatic rings. The van der Waals surface area contributed by atoms with Gasteiger partial charge in [-0.05, 0) is 60.9 Å². The molecule has 0 radical (unpaired) electrons. The van der Waals surface area contributed by atoms with Crippen LogP contribution in [0.5, 0.6) is 0 Å². The van der Waals surface area contributed by atoms with Gasteiger partial charge >= 0.3 is 0 Å². The zero-order chi connectivity index (χ0) is 15.5. The van der Waals surface area contributed by atoms with Gasteiger partial charge in [-0.1, -0.05) is 43.3 Å². The van der Waals surface area contributed by atoms with Gasteiger partial charge in [-0.2, -0.15) is 0 Å². The van der Waals surface area contributed by atoms with Crippen molar-refractivity contribution >= 4 is 0 Å². The third-order valence-electron chi connectivity index (χ3n) is 4.39. The van der Waals surface area contributed by atoms with Crippen LogP contribution in [0, 0.1) is 11.7 Å². The van der Waals surface area contributed by atoms with E-state index in [-0.39, 0.29) is 11.9 Å². The highest BCUT2D eigenvalue weighted by Gasteiger charge is 2.25. The molecule has 1 saturated heterocycles. The quantitative estimate of drug-likeness (QED) is 0.748. The normalized spacial score (nSPS) is 25.1. The number of ether oxygens (including phenoxy) is 1. The first-order valence-corrected chi connectivity index (χ1v) is 8.09. The smallest absolute Gasteiger partial charge is 0.123 e. The van der Waals surface area contributed by atoms with Gasteiger partial charge in [0, 0.05) is 0 Å². The van der Waals surface area contributed by atoms with Crippen molar-refractivity contribution in [3.63, 3.8) is 0 Å². The van der Waals surface area contributed by atoms with E-state index in [2.05, 4.69) is 38.1 Å². The second kappa shape index (κ2) is 6.62. The lowest BCUT2D eigenvalue weighted by atomic mass is 9.89. The summed E-state index contributed by atoms with van der Waals surface area (Å²) in [6.45, 7) is 4.46. The van der Waals surface area contributed by atoms with E-state index in [1.807, 2.05) is 12.1 Å². The third kappa shape index (κ3) is 3.75. The summed E-state index contributed by atoms with van der Waals surface area (Å²) in [5.41, 5.74) is 3.64. The molecule has 1 nitrogen and oxygen atoms in total. The van der Waals surface area contributed by atoms with E-state index in [0.717, 1.165) is 24.8 Å². The Hall–Kier alpha value is -1.67. The van der Waals surface area contributed by atoms with Crippen LogP contribution in [0.4, 0.5) is 4.39 Å². The van der Waals surface area contributed by atoms with Crippen molar-refractivity contribution in [1.82, 2.24) is 0 Å². The molecular weight excluding hydrogens is 275 g/mol. The molecule has 2 aromatic carbocycles. The average Bonchev–Trinajstić information content (AvgIpc) is 2.49. The van der Waals surface area contributed by atoms with Crippen LogP contribution in [0.1, 0.15) is 49.5 Å². The monoisotopic (exact) mass is 298 g/mol. The highest BCUT2D eigenvalue weighted by molar-refractivity contribution is 5.31. The van der Waals surface area contributed by atoms with Crippen molar-refractivity contribution in [3.05, 3.63) is 71.0 Å². The molecule has 1 aliphatic heterocycles. The molecule has 2 aromatic rings. The summed E-state index contributed by atoms with van der Waals surface area (Å²) < 4.78 is 19.1. The van der Waals surface area contributed by atoms with Gasteiger partial charge in [-0.15, -0.1) is 0 Å². The lowest BCUT2D eigenvalue weighted by Crippen LogP contribution is -2.24. The Morgan fingerprint density at radius 3 is 2.50 bits per heavy atom. The van der Waals surface area contributed by atoms with E-state index in [1.165, 1.54) is 23.3 Å². The summed E-state index contributed by atoms with van der Waals surface area (Å²) in [4.78, 5) is 0. The fraction of sp³-hybridized carbons (Fsp3) is 0.400. The Morgan fingerprint density at radius 1 is 1.00 bits per heavy atom. The van der Waals surface area contributed by atoms with E-state index in [9.17, 15) is 4.39 Å². The molecule has 0 unspecified atom stereocenters. The van der Waals surface area contributed by atoms with Crippen LogP contribution in [-0.4, -0.2) is 6.10 Å². The summed E-state index contributed by atoms with van der Waals surface area (Å²) in [5, 5.41) is 0. The molecule has 3 atom stereocenters. The van der Waals surface area contributed by atoms with Gasteiger partial charge in [0.15, 0.2) is 0 Å². The summed E-state index contributed by atoms with van der Waals surface area (Å²) in [6, 6.07) is 15.4. The first kappa shape index (κ1) is 15.2. The molecule has 0 saturated carbocycles. The molecular formula is C20H23FO. The lowest BCUT2D eigenvalue weighted by molar-refractivity contribution is -0.0604. The predicted octanol–water partition coefficient (Wildman–Crippen LogP) is 5.29. The molecule has 2 heteroatoms. The number of rotatable bonds is 3. The van der Waals surface area contributed by atoms with E-state index < -0.39 is 0 Å². The maximum atomic E-state index is 13.0. The fourth-order valence-corrected chi connectivity index (χ4v) is 3.38. The van der Waals surface area contributed by atoms with Crippen molar-refractivity contribution in [1.29, 1.82) is 0 Å². The third-order valence-corrected chi connectivity index (χ3v) is 4.39. The number of hydrogen-bond acceptors (Lipinski definition) is 1. The Kier molecular flexibility index (Phi) is 4.58. The molecule has 0 bridgehead atoms. The van der Waals surface area contributed by atoms with E-state index in [1.54, 1.807) is 0 Å². The number of hydrogen-bond donors (Lipinski definition) is 0. The number of benzene rings is 2. The van der Waals surface area contributed by atoms with Crippen molar-refractivity contribution in [2.45, 2.75) is 45.3 Å².